The number of fused-ring (bicyclic) bond motifs is 1. The monoisotopic (exact) mass is 376 g/mol. The SMILES string of the molecule is O=C(C1CCS(=O)(=O)C1)N1CCCC[C@H]2CN(Cc3ccccc3)C[C@H]21. The van der Waals surface area contributed by atoms with Gasteiger partial charge in [0.1, 0.15) is 0 Å². The van der Waals surface area contributed by atoms with E-state index in [1.165, 1.54) is 12.0 Å². The van der Waals surface area contributed by atoms with Crippen molar-refractivity contribution >= 4 is 15.7 Å². The maximum atomic E-state index is 13.1. The van der Waals surface area contributed by atoms with Crippen molar-refractivity contribution in [2.24, 2.45) is 11.8 Å². The van der Waals surface area contributed by atoms with Crippen LogP contribution in [0.3, 0.4) is 0 Å². The fraction of sp³-hybridized carbons (Fsp3) is 0.650. The average Bonchev–Trinajstić information content (AvgIpc) is 3.12. The van der Waals surface area contributed by atoms with Crippen LogP contribution in [-0.4, -0.2) is 61.3 Å². The van der Waals surface area contributed by atoms with Gasteiger partial charge in [-0.15, -0.1) is 0 Å². The van der Waals surface area contributed by atoms with E-state index in [9.17, 15) is 13.2 Å². The van der Waals surface area contributed by atoms with Crippen molar-refractivity contribution < 1.29 is 13.2 Å². The van der Waals surface area contributed by atoms with E-state index in [2.05, 4.69) is 29.2 Å². The number of amides is 1. The molecule has 3 fully saturated rings. The Hall–Kier alpha value is -1.40. The Morgan fingerprint density at radius 1 is 1.08 bits per heavy atom. The molecule has 5 nitrogen and oxygen atoms in total. The van der Waals surface area contributed by atoms with E-state index < -0.39 is 9.84 Å². The van der Waals surface area contributed by atoms with Gasteiger partial charge >= 0.3 is 0 Å². The molecule has 0 saturated carbocycles. The predicted molar refractivity (Wildman–Crippen MR) is 101 cm³/mol. The zero-order valence-corrected chi connectivity index (χ0v) is 16.0. The van der Waals surface area contributed by atoms with Gasteiger partial charge in [-0.2, -0.15) is 0 Å². The highest BCUT2D eigenvalue weighted by atomic mass is 32.2. The van der Waals surface area contributed by atoms with Crippen LogP contribution in [0.4, 0.5) is 0 Å². The Morgan fingerprint density at radius 3 is 2.62 bits per heavy atom. The van der Waals surface area contributed by atoms with Gasteiger partial charge in [-0.25, -0.2) is 8.42 Å². The molecule has 0 radical (unpaired) electrons. The summed E-state index contributed by atoms with van der Waals surface area (Å²) in [5.74, 6) is 0.508. The van der Waals surface area contributed by atoms with Crippen LogP contribution in [0.25, 0.3) is 0 Å². The molecule has 4 rings (SSSR count). The van der Waals surface area contributed by atoms with Crippen LogP contribution in [0.15, 0.2) is 30.3 Å². The number of likely N-dealkylation sites (tertiary alicyclic amines) is 2. The summed E-state index contributed by atoms with van der Waals surface area (Å²) >= 11 is 0. The number of carbonyl (C=O) groups is 1. The molecule has 0 spiro atoms. The van der Waals surface area contributed by atoms with Gasteiger partial charge in [0, 0.05) is 32.2 Å². The smallest absolute Gasteiger partial charge is 0.227 e. The molecule has 6 heteroatoms. The molecule has 1 unspecified atom stereocenters. The van der Waals surface area contributed by atoms with E-state index in [4.69, 9.17) is 0 Å². The van der Waals surface area contributed by atoms with Gasteiger partial charge in [0.05, 0.1) is 17.4 Å². The van der Waals surface area contributed by atoms with Gasteiger partial charge in [-0.05, 0) is 30.7 Å². The summed E-state index contributed by atoms with van der Waals surface area (Å²) in [5, 5.41) is 0. The number of sulfone groups is 1. The third-order valence-electron chi connectivity index (χ3n) is 6.22. The van der Waals surface area contributed by atoms with Crippen molar-refractivity contribution in [3.05, 3.63) is 35.9 Å². The topological polar surface area (TPSA) is 57.7 Å². The van der Waals surface area contributed by atoms with E-state index in [-0.39, 0.29) is 29.4 Å². The molecule has 3 saturated heterocycles. The number of benzene rings is 1. The molecular formula is C20H28N2O3S. The van der Waals surface area contributed by atoms with Gasteiger partial charge in [-0.3, -0.25) is 9.69 Å². The van der Waals surface area contributed by atoms with Crippen molar-refractivity contribution in [3.8, 4) is 0 Å². The highest BCUT2D eigenvalue weighted by Crippen LogP contribution is 2.33. The summed E-state index contributed by atoms with van der Waals surface area (Å²) < 4.78 is 23.6. The zero-order valence-electron chi connectivity index (χ0n) is 15.2. The van der Waals surface area contributed by atoms with Crippen molar-refractivity contribution in [1.82, 2.24) is 9.80 Å². The summed E-state index contributed by atoms with van der Waals surface area (Å²) in [7, 11) is -3.02. The molecule has 1 amide bonds. The molecule has 3 atom stereocenters. The van der Waals surface area contributed by atoms with Gasteiger partial charge in [-0.1, -0.05) is 36.8 Å². The first-order valence-corrected chi connectivity index (χ1v) is 11.6. The lowest BCUT2D eigenvalue weighted by atomic mass is 9.97. The highest BCUT2D eigenvalue weighted by Gasteiger charge is 2.43. The van der Waals surface area contributed by atoms with Crippen molar-refractivity contribution in [3.63, 3.8) is 0 Å². The molecule has 1 aromatic carbocycles. The van der Waals surface area contributed by atoms with Gasteiger partial charge in [0.2, 0.25) is 5.91 Å². The fourth-order valence-electron chi connectivity index (χ4n) is 4.90. The van der Waals surface area contributed by atoms with E-state index in [0.717, 1.165) is 39.0 Å². The molecule has 142 valence electrons. The molecule has 0 N–H and O–H groups in total. The Labute approximate surface area is 156 Å². The van der Waals surface area contributed by atoms with Crippen molar-refractivity contribution in [2.75, 3.05) is 31.1 Å². The highest BCUT2D eigenvalue weighted by molar-refractivity contribution is 7.91. The van der Waals surface area contributed by atoms with Crippen molar-refractivity contribution in [1.29, 1.82) is 0 Å². The summed E-state index contributed by atoms with van der Waals surface area (Å²) in [6, 6.07) is 10.7. The van der Waals surface area contributed by atoms with Crippen LogP contribution in [0.1, 0.15) is 31.2 Å². The van der Waals surface area contributed by atoms with Crippen molar-refractivity contribution in [2.45, 2.75) is 38.3 Å². The molecule has 0 bridgehead atoms. The van der Waals surface area contributed by atoms with Crippen LogP contribution < -0.4 is 0 Å². The standard InChI is InChI=1S/C20H28N2O3S/c23-20(18-9-11-26(24,25)15-18)22-10-5-4-8-17-13-21(14-19(17)22)12-16-6-2-1-3-7-16/h1-3,6-7,17-19H,4-5,8-15H2/t17-,18?,19+/m0/s1. The third kappa shape index (κ3) is 3.81. The normalized spacial score (nSPS) is 31.5. The minimum absolute atomic E-state index is 0.0491. The first-order valence-electron chi connectivity index (χ1n) is 9.79. The molecule has 0 aromatic heterocycles. The minimum atomic E-state index is -3.02. The second kappa shape index (κ2) is 7.31. The van der Waals surface area contributed by atoms with Crippen LogP contribution in [0.2, 0.25) is 0 Å². The second-order valence-corrected chi connectivity index (χ2v) is 10.4. The molecule has 3 aliphatic heterocycles. The maximum Gasteiger partial charge on any atom is 0.227 e. The lowest BCUT2D eigenvalue weighted by Crippen LogP contribution is -2.47. The summed E-state index contributed by atoms with van der Waals surface area (Å²) in [6.07, 6.45) is 3.87. The van der Waals surface area contributed by atoms with Crippen LogP contribution in [-0.2, 0) is 21.2 Å². The quantitative estimate of drug-likeness (QED) is 0.809. The molecule has 3 aliphatic rings. The lowest BCUT2D eigenvalue weighted by molar-refractivity contribution is -0.137. The Balaban J connectivity index is 1.46. The van der Waals surface area contributed by atoms with Crippen LogP contribution in [0, 0.1) is 11.8 Å². The maximum absolute atomic E-state index is 13.1. The van der Waals surface area contributed by atoms with E-state index in [1.54, 1.807) is 0 Å². The Kier molecular flexibility index (Phi) is 5.06. The number of nitrogens with zero attached hydrogens (tertiary/aromatic N) is 2. The van der Waals surface area contributed by atoms with Gasteiger partial charge in [0.25, 0.3) is 0 Å². The summed E-state index contributed by atoms with van der Waals surface area (Å²) in [4.78, 5) is 17.6. The number of hydrogen-bond donors (Lipinski definition) is 0. The fourth-order valence-corrected chi connectivity index (χ4v) is 6.63. The zero-order chi connectivity index (χ0) is 18.1. The first-order chi connectivity index (χ1) is 12.5. The minimum Gasteiger partial charge on any atom is -0.338 e. The third-order valence-corrected chi connectivity index (χ3v) is 7.99. The van der Waals surface area contributed by atoms with E-state index in [1.807, 2.05) is 11.0 Å². The predicted octanol–water partition coefficient (Wildman–Crippen LogP) is 1.93. The molecule has 0 aliphatic carbocycles. The largest absolute Gasteiger partial charge is 0.338 e. The van der Waals surface area contributed by atoms with E-state index in [0.29, 0.717) is 12.3 Å². The van der Waals surface area contributed by atoms with E-state index >= 15 is 0 Å². The number of rotatable bonds is 3. The molecule has 26 heavy (non-hydrogen) atoms. The number of carbonyl (C=O) groups excluding carboxylic acids is 1. The molecule has 3 heterocycles. The van der Waals surface area contributed by atoms with Crippen LogP contribution in [0.5, 0.6) is 0 Å². The lowest BCUT2D eigenvalue weighted by Gasteiger charge is -2.32. The molecular weight excluding hydrogens is 348 g/mol. The Morgan fingerprint density at radius 2 is 1.88 bits per heavy atom. The Bertz CT molecular complexity index is 750. The average molecular weight is 377 g/mol. The van der Waals surface area contributed by atoms with Crippen LogP contribution >= 0.6 is 0 Å². The summed E-state index contributed by atoms with van der Waals surface area (Å²) in [6.45, 7) is 3.65. The first kappa shape index (κ1) is 18.0. The van der Waals surface area contributed by atoms with Gasteiger partial charge < -0.3 is 4.90 Å². The number of hydrogen-bond acceptors (Lipinski definition) is 4. The van der Waals surface area contributed by atoms with Gasteiger partial charge in [0.15, 0.2) is 9.84 Å². The summed E-state index contributed by atoms with van der Waals surface area (Å²) in [5.41, 5.74) is 1.31. The second-order valence-electron chi connectivity index (χ2n) is 8.13. The molecule has 1 aromatic rings.